The van der Waals surface area contributed by atoms with E-state index < -0.39 is 11.8 Å². The topological polar surface area (TPSA) is 98.8 Å². The molecule has 4 rings (SSSR count). The lowest BCUT2D eigenvalue weighted by Gasteiger charge is -2.34. The quantitative estimate of drug-likeness (QED) is 0.716. The van der Waals surface area contributed by atoms with Gasteiger partial charge in [0.15, 0.2) is 0 Å². The van der Waals surface area contributed by atoms with Crippen molar-refractivity contribution in [2.45, 2.75) is 32.7 Å². The van der Waals surface area contributed by atoms with Gasteiger partial charge in [-0.25, -0.2) is 0 Å². The van der Waals surface area contributed by atoms with Crippen LogP contribution < -0.4 is 10.6 Å². The molecular formula is C24H28N4O4. The van der Waals surface area contributed by atoms with Gasteiger partial charge in [0.1, 0.15) is 0 Å². The van der Waals surface area contributed by atoms with Crippen LogP contribution in [0.15, 0.2) is 36.4 Å². The van der Waals surface area contributed by atoms with Crippen LogP contribution in [0.3, 0.4) is 0 Å². The molecule has 2 aromatic rings. The fraction of sp³-hybridized carbons (Fsp3) is 0.417. The van der Waals surface area contributed by atoms with Crippen LogP contribution >= 0.6 is 0 Å². The van der Waals surface area contributed by atoms with E-state index in [2.05, 4.69) is 10.6 Å². The van der Waals surface area contributed by atoms with Crippen molar-refractivity contribution >= 4 is 40.1 Å². The molecule has 1 saturated heterocycles. The summed E-state index contributed by atoms with van der Waals surface area (Å²) in [6.07, 6.45) is 1.76. The predicted molar refractivity (Wildman–Crippen MR) is 121 cm³/mol. The lowest BCUT2D eigenvalue weighted by Crippen LogP contribution is -2.54. The highest BCUT2D eigenvalue weighted by molar-refractivity contribution is 6.35. The van der Waals surface area contributed by atoms with Crippen molar-refractivity contribution < 1.29 is 19.2 Å². The molecule has 0 spiro atoms. The highest BCUT2D eigenvalue weighted by Crippen LogP contribution is 2.32. The van der Waals surface area contributed by atoms with Crippen molar-refractivity contribution in [1.29, 1.82) is 0 Å². The molecule has 1 saturated carbocycles. The predicted octanol–water partition coefficient (Wildman–Crippen LogP) is 2.00. The molecular weight excluding hydrogens is 408 g/mol. The number of anilines is 1. The Hall–Kier alpha value is -3.42. The van der Waals surface area contributed by atoms with Gasteiger partial charge in [-0.2, -0.15) is 0 Å². The van der Waals surface area contributed by atoms with Gasteiger partial charge in [0.05, 0.1) is 11.3 Å². The molecule has 168 valence electrons. The Kier molecular flexibility index (Phi) is 6.12. The molecule has 0 aromatic heterocycles. The molecule has 2 aromatic carbocycles. The van der Waals surface area contributed by atoms with Crippen molar-refractivity contribution in [2.24, 2.45) is 5.92 Å². The molecule has 1 aliphatic carbocycles. The zero-order chi connectivity index (χ0) is 22.8. The first-order valence-electron chi connectivity index (χ1n) is 11.1. The largest absolute Gasteiger partial charge is 0.346 e. The Labute approximate surface area is 186 Å². The zero-order valence-corrected chi connectivity index (χ0v) is 18.4. The third kappa shape index (κ3) is 4.74. The Morgan fingerprint density at radius 1 is 0.906 bits per heavy atom. The number of piperazine rings is 1. The summed E-state index contributed by atoms with van der Waals surface area (Å²) < 4.78 is 0. The van der Waals surface area contributed by atoms with Gasteiger partial charge in [-0.15, -0.1) is 0 Å². The second-order valence-corrected chi connectivity index (χ2v) is 8.72. The van der Waals surface area contributed by atoms with Gasteiger partial charge in [0.2, 0.25) is 5.91 Å². The minimum atomic E-state index is -0.626. The van der Waals surface area contributed by atoms with Gasteiger partial charge < -0.3 is 20.4 Å². The van der Waals surface area contributed by atoms with Crippen LogP contribution in [-0.4, -0.2) is 65.6 Å². The van der Waals surface area contributed by atoms with E-state index in [0.29, 0.717) is 24.3 Å². The molecule has 2 N–H and O–H groups in total. The molecule has 0 atom stereocenters. The van der Waals surface area contributed by atoms with E-state index in [1.807, 2.05) is 36.4 Å². The molecule has 2 aliphatic rings. The van der Waals surface area contributed by atoms with Gasteiger partial charge in [0.25, 0.3) is 5.91 Å². The van der Waals surface area contributed by atoms with E-state index in [-0.39, 0.29) is 36.9 Å². The number of rotatable bonds is 4. The molecule has 1 aliphatic heterocycles. The Morgan fingerprint density at radius 2 is 1.50 bits per heavy atom. The van der Waals surface area contributed by atoms with Crippen LogP contribution in [0.5, 0.6) is 0 Å². The normalized spacial score (nSPS) is 16.2. The van der Waals surface area contributed by atoms with Crippen molar-refractivity contribution in [3.05, 3.63) is 42.0 Å². The Balaban J connectivity index is 1.50. The van der Waals surface area contributed by atoms with Crippen LogP contribution in [0.4, 0.5) is 5.69 Å². The van der Waals surface area contributed by atoms with E-state index in [0.717, 1.165) is 23.6 Å². The monoisotopic (exact) mass is 436 g/mol. The third-order valence-electron chi connectivity index (χ3n) is 5.79. The number of nitrogens with one attached hydrogen (secondary N) is 2. The number of amides is 4. The third-order valence-corrected chi connectivity index (χ3v) is 5.79. The van der Waals surface area contributed by atoms with Crippen LogP contribution in [-0.2, 0) is 14.4 Å². The molecule has 0 radical (unpaired) electrons. The Bertz CT molecular complexity index is 1070. The summed E-state index contributed by atoms with van der Waals surface area (Å²) in [6, 6.07) is 11.2. The number of carbonyl (C=O) groups is 4. The first kappa shape index (κ1) is 21.8. The lowest BCUT2D eigenvalue weighted by molar-refractivity contribution is -0.147. The van der Waals surface area contributed by atoms with Gasteiger partial charge in [-0.1, -0.05) is 24.3 Å². The smallest absolute Gasteiger partial charge is 0.312 e. The first-order chi connectivity index (χ1) is 15.3. The highest BCUT2D eigenvalue weighted by atomic mass is 16.2. The van der Waals surface area contributed by atoms with Crippen LogP contribution in [0, 0.1) is 5.92 Å². The number of benzene rings is 2. The first-order valence-corrected chi connectivity index (χ1v) is 11.1. The van der Waals surface area contributed by atoms with Gasteiger partial charge in [-0.3, -0.25) is 19.2 Å². The van der Waals surface area contributed by atoms with Crippen molar-refractivity contribution in [2.75, 3.05) is 31.5 Å². The standard InChI is InChI=1S/C24H28N4O4/c1-15(2)25-22(30)24(32)28-11-9-27(10-12-28)23(31)19-13-17-5-3-4-6-18(17)14-20(19)26-21(29)16-7-8-16/h3-6,13-16H,7-12H2,1-2H3,(H,25,30)(H,26,29). The van der Waals surface area contributed by atoms with E-state index in [4.69, 9.17) is 0 Å². The molecule has 8 nitrogen and oxygen atoms in total. The van der Waals surface area contributed by atoms with E-state index >= 15 is 0 Å². The van der Waals surface area contributed by atoms with Crippen molar-refractivity contribution in [3.8, 4) is 0 Å². The van der Waals surface area contributed by atoms with E-state index in [9.17, 15) is 19.2 Å². The van der Waals surface area contributed by atoms with Gasteiger partial charge in [0, 0.05) is 38.1 Å². The van der Waals surface area contributed by atoms with Crippen LogP contribution in [0.1, 0.15) is 37.0 Å². The van der Waals surface area contributed by atoms with E-state index in [1.165, 1.54) is 4.90 Å². The second kappa shape index (κ2) is 8.98. The number of carbonyl (C=O) groups excluding carboxylic acids is 4. The average molecular weight is 437 g/mol. The summed E-state index contributed by atoms with van der Waals surface area (Å²) in [5, 5.41) is 7.41. The summed E-state index contributed by atoms with van der Waals surface area (Å²) in [5.74, 6) is -1.43. The SMILES string of the molecule is CC(C)NC(=O)C(=O)N1CCN(C(=O)c2cc3ccccc3cc2NC(=O)C2CC2)CC1. The van der Waals surface area contributed by atoms with Gasteiger partial charge in [-0.05, 0) is 49.6 Å². The fourth-order valence-electron chi connectivity index (χ4n) is 3.85. The summed E-state index contributed by atoms with van der Waals surface area (Å²) in [4.78, 5) is 53.3. The average Bonchev–Trinajstić information content (AvgIpc) is 3.63. The maximum Gasteiger partial charge on any atom is 0.312 e. The summed E-state index contributed by atoms with van der Waals surface area (Å²) in [6.45, 7) is 4.81. The molecule has 8 heteroatoms. The number of nitrogens with zero attached hydrogens (tertiary/aromatic N) is 2. The van der Waals surface area contributed by atoms with Crippen LogP contribution in [0.2, 0.25) is 0 Å². The minimum absolute atomic E-state index is 0.0240. The number of fused-ring (bicyclic) bond motifs is 1. The zero-order valence-electron chi connectivity index (χ0n) is 18.4. The molecule has 4 amide bonds. The number of hydrogen-bond donors (Lipinski definition) is 2. The summed E-state index contributed by atoms with van der Waals surface area (Å²) in [5.41, 5.74) is 0.954. The highest BCUT2D eigenvalue weighted by Gasteiger charge is 2.32. The summed E-state index contributed by atoms with van der Waals surface area (Å²) in [7, 11) is 0. The minimum Gasteiger partial charge on any atom is -0.346 e. The maximum atomic E-state index is 13.4. The molecule has 0 bridgehead atoms. The maximum absolute atomic E-state index is 13.4. The lowest BCUT2D eigenvalue weighted by atomic mass is 10.0. The molecule has 1 heterocycles. The fourth-order valence-corrected chi connectivity index (χ4v) is 3.85. The second-order valence-electron chi connectivity index (χ2n) is 8.72. The van der Waals surface area contributed by atoms with E-state index in [1.54, 1.807) is 18.7 Å². The number of hydrogen-bond acceptors (Lipinski definition) is 4. The van der Waals surface area contributed by atoms with Crippen molar-refractivity contribution in [1.82, 2.24) is 15.1 Å². The van der Waals surface area contributed by atoms with Crippen molar-refractivity contribution in [3.63, 3.8) is 0 Å². The summed E-state index contributed by atoms with van der Waals surface area (Å²) >= 11 is 0. The van der Waals surface area contributed by atoms with Crippen LogP contribution in [0.25, 0.3) is 10.8 Å². The van der Waals surface area contributed by atoms with Gasteiger partial charge >= 0.3 is 11.8 Å². The Morgan fingerprint density at radius 3 is 2.09 bits per heavy atom. The molecule has 32 heavy (non-hydrogen) atoms. The molecule has 2 fully saturated rings. The molecule has 0 unspecified atom stereocenters.